The van der Waals surface area contributed by atoms with E-state index in [-0.39, 0.29) is 86.4 Å². The maximum Gasteiger partial charge on any atom is 0.235 e. The van der Waals surface area contributed by atoms with Gasteiger partial charge in [0.1, 0.15) is 73.3 Å². The summed E-state index contributed by atoms with van der Waals surface area (Å²) in [5, 5.41) is 84.1. The van der Waals surface area contributed by atoms with Crippen molar-refractivity contribution in [3.05, 3.63) is 287 Å². The highest BCUT2D eigenvalue weighted by atomic mass is 127. The number of ether oxygens (including phenoxy) is 5. The van der Waals surface area contributed by atoms with Crippen LogP contribution in [0.5, 0.6) is 40.2 Å². The Morgan fingerprint density at radius 1 is 0.496 bits per heavy atom. The number of carbonyl (C=O) groups excluding carboxylic acids is 1. The van der Waals surface area contributed by atoms with Crippen LogP contribution in [-0.2, 0) is 33.0 Å². The number of aliphatic hydroxyl groups excluding tert-OH is 6. The lowest BCUT2D eigenvalue weighted by Crippen LogP contribution is -2.15. The second-order valence-corrected chi connectivity index (χ2v) is 27.2. The Morgan fingerprint density at radius 3 is 1.31 bits per heavy atom. The molecule has 3 aromatic carbocycles. The van der Waals surface area contributed by atoms with Gasteiger partial charge in [-0.2, -0.15) is 0 Å². The number of nitrogens with zero attached hydrogens (tertiary/aromatic N) is 8. The van der Waals surface area contributed by atoms with Crippen LogP contribution in [0.2, 0.25) is 35.7 Å². The summed E-state index contributed by atoms with van der Waals surface area (Å²) >= 11 is 42.2. The molecule has 0 saturated heterocycles. The van der Waals surface area contributed by atoms with E-state index in [1.54, 1.807) is 66.8 Å². The highest BCUT2D eigenvalue weighted by Gasteiger charge is 2.25. The summed E-state index contributed by atoms with van der Waals surface area (Å²) in [6.07, 6.45) is 18.8. The molecular formula is C80H65Cl7F3IN8O16. The number of benzene rings is 3. The zero-order valence-corrected chi connectivity index (χ0v) is 67.2. The van der Waals surface area contributed by atoms with Crippen LogP contribution in [0.4, 0.5) is 13.2 Å². The predicted octanol–water partition coefficient (Wildman–Crippen LogP) is 17.6. The molecule has 7 aromatic heterocycles. The molecule has 14 rings (SSSR count). The lowest BCUT2D eigenvalue weighted by molar-refractivity contribution is -0.491. The summed E-state index contributed by atoms with van der Waals surface area (Å²) in [7, 11) is 0. The fraction of sp³-hybridized carbons (Fsp3) is 0.150. The number of halogens is 11. The van der Waals surface area contributed by atoms with Gasteiger partial charge in [0.2, 0.25) is 6.54 Å². The average molecular weight is 1830 g/mol. The first-order chi connectivity index (χ1) is 55.2. The van der Waals surface area contributed by atoms with Gasteiger partial charge in [-0.1, -0.05) is 143 Å². The molecule has 4 aliphatic rings. The van der Waals surface area contributed by atoms with Crippen molar-refractivity contribution >= 4 is 147 Å². The average Bonchev–Trinajstić information content (AvgIpc) is 0.831. The van der Waals surface area contributed by atoms with E-state index in [2.05, 4.69) is 54.6 Å². The second kappa shape index (κ2) is 44.1. The van der Waals surface area contributed by atoms with E-state index in [0.717, 1.165) is 16.7 Å². The second-order valence-electron chi connectivity index (χ2n) is 23.4. The number of aromatic hydroxyl groups is 2. The lowest BCUT2D eigenvalue weighted by atomic mass is 10.0. The Kier molecular flexibility index (Phi) is 34.7. The minimum atomic E-state index is -1.37. The van der Waals surface area contributed by atoms with Crippen molar-refractivity contribution < 1.29 is 87.4 Å². The first kappa shape index (κ1) is 90.4. The van der Waals surface area contributed by atoms with Crippen molar-refractivity contribution in [2.24, 2.45) is 0 Å². The third-order valence-electron chi connectivity index (χ3n) is 15.6. The Morgan fingerprint density at radius 2 is 0.878 bits per heavy atom. The first-order valence-electron chi connectivity index (χ1n) is 33.5. The van der Waals surface area contributed by atoms with Crippen LogP contribution in [0.1, 0.15) is 84.1 Å². The molecule has 4 aliphatic heterocycles. The number of nitro groups is 1. The molecule has 0 spiro atoms. The molecular weight excluding hydrogens is 1760 g/mol. The number of aromatic nitrogens is 7. The number of carbonyl (C=O) groups is 1. The zero-order chi connectivity index (χ0) is 83.6. The summed E-state index contributed by atoms with van der Waals surface area (Å²) in [6, 6.07) is 24.2. The van der Waals surface area contributed by atoms with E-state index < -0.39 is 35.0 Å². The molecule has 10 aromatic rings. The van der Waals surface area contributed by atoms with E-state index in [0.29, 0.717) is 156 Å². The lowest BCUT2D eigenvalue weighted by Gasteiger charge is -2.19. The number of fused-ring (bicyclic) bond motifs is 4. The van der Waals surface area contributed by atoms with Crippen LogP contribution in [0.15, 0.2) is 147 Å². The molecule has 1 atom stereocenters. The zero-order valence-electron chi connectivity index (χ0n) is 59.7. The minimum absolute atomic E-state index is 0.000840. The largest absolute Gasteiger partial charge is 0.504 e. The van der Waals surface area contributed by atoms with Gasteiger partial charge < -0.3 is 64.5 Å². The van der Waals surface area contributed by atoms with Gasteiger partial charge in [-0.05, 0) is 144 Å². The number of hydrogen-bond donors (Lipinski definition) is 8. The van der Waals surface area contributed by atoms with E-state index in [4.69, 9.17) is 130 Å². The molecule has 598 valence electrons. The number of aldehydes is 1. The van der Waals surface area contributed by atoms with Crippen molar-refractivity contribution in [1.82, 2.24) is 34.9 Å². The fourth-order valence-corrected chi connectivity index (χ4v) is 12.6. The molecule has 35 heteroatoms. The van der Waals surface area contributed by atoms with Crippen molar-refractivity contribution in [2.45, 2.75) is 39.1 Å². The smallest absolute Gasteiger partial charge is 0.235 e. The summed E-state index contributed by atoms with van der Waals surface area (Å²) in [6.45, 7) is 11.3. The maximum absolute atomic E-state index is 13.4. The van der Waals surface area contributed by atoms with Crippen LogP contribution in [0.25, 0.3) is 70.2 Å². The molecule has 0 saturated carbocycles. The molecule has 24 nitrogen and oxygen atoms in total. The number of aliphatic hydroxyl groups is 6. The van der Waals surface area contributed by atoms with E-state index in [1.807, 2.05) is 59.0 Å². The predicted molar refractivity (Wildman–Crippen MR) is 443 cm³/mol. The summed E-state index contributed by atoms with van der Waals surface area (Å²) in [5.74, 6) is 1.00. The Bertz CT molecular complexity index is 5360. The molecule has 0 radical (unpaired) electrons. The van der Waals surface area contributed by atoms with Crippen molar-refractivity contribution in [3.8, 4) is 74.0 Å². The van der Waals surface area contributed by atoms with Crippen LogP contribution in [-0.4, -0.2) is 127 Å². The highest BCUT2D eigenvalue weighted by molar-refractivity contribution is 14.1. The van der Waals surface area contributed by atoms with E-state index in [9.17, 15) is 43.4 Å². The third kappa shape index (κ3) is 24.7. The minimum Gasteiger partial charge on any atom is -0.504 e. The standard InChI is InChI=1S/C16H12ClFN2O4.C15H11ClFNO2.C15H9ClFNO2.C11H12ClNO2.C9H8ClNO2.C8H8ClNO2.C6H5ClINO2/c17-11-6-9(3-4-12(11)18)15-16-10(2-1-5-24-16)7-13(19-15)14(21)8-20(22)23;2*16-12-7-9(3-4-13(12)17)14-15-10(2-1-5-20-15)6-11(8-19)18-14;1-3-5-15-10-8(4-2)6-9(7-14)13-11(10)12;10-9-8-6(2-1-3-13-8)4-7(5-12)11-9;1-2-5-3-6(4-11)10-8(9)7(5)12;7-6-5(11)4(8)1-3(2-10)9-6/h1-4,6-7,14,21H,5,8H2;1-4,6-7,19H,5,8H2;1-4,6-8H,5H2;3-4,6,14H,1-2,5,7H2;1-2,4,12H,3,5H2;2-3,11-12H,1,4H2;1,10-11H,2H2. The topological polar surface area (TPSA) is 358 Å². The molecule has 0 bridgehead atoms. The van der Waals surface area contributed by atoms with Gasteiger partial charge in [0.05, 0.1) is 85.8 Å². The number of rotatable bonds is 17. The van der Waals surface area contributed by atoms with Crippen LogP contribution >= 0.6 is 104 Å². The first-order valence-corrected chi connectivity index (χ1v) is 37.2. The Balaban J connectivity index is 0.000000171. The molecule has 0 aliphatic carbocycles. The molecule has 0 fully saturated rings. The summed E-state index contributed by atoms with van der Waals surface area (Å²) in [4.78, 5) is 49.2. The van der Waals surface area contributed by atoms with Gasteiger partial charge in [-0.15, -0.1) is 0 Å². The molecule has 11 heterocycles. The van der Waals surface area contributed by atoms with Crippen molar-refractivity contribution in [2.75, 3.05) is 39.6 Å². The fourth-order valence-electron chi connectivity index (χ4n) is 10.3. The molecule has 1 unspecified atom stereocenters. The quantitative estimate of drug-likeness (QED) is 0.0105. The van der Waals surface area contributed by atoms with Gasteiger partial charge in [0, 0.05) is 55.0 Å². The van der Waals surface area contributed by atoms with Gasteiger partial charge in [-0.3, -0.25) is 14.9 Å². The van der Waals surface area contributed by atoms with Gasteiger partial charge in [0.25, 0.3) is 0 Å². The van der Waals surface area contributed by atoms with E-state index >= 15 is 0 Å². The van der Waals surface area contributed by atoms with Crippen LogP contribution in [0.3, 0.4) is 0 Å². The van der Waals surface area contributed by atoms with Crippen LogP contribution < -0.4 is 23.7 Å². The van der Waals surface area contributed by atoms with Crippen molar-refractivity contribution in [1.29, 1.82) is 0 Å². The summed E-state index contributed by atoms with van der Waals surface area (Å²) < 4.78 is 67.9. The number of hydrogen-bond acceptors (Lipinski definition) is 23. The SMILES string of the molecule is C=CCOc1c(C=C)cc(CO)nc1Cl.C=Cc1cc(CO)nc(Cl)c1O.O=Cc1cc2c(c(-c3ccc(F)c(Cl)c3)n1)OCC=C2.O=[N+]([O-])CC(O)c1cc2c(c(-c3ccc(F)c(Cl)c3)n1)OCC=C2.OCc1cc(I)c(O)c(Cl)n1.OCc1cc2c(c(-c3ccc(F)c(Cl)c3)n1)OCC=C2.OCc1cc2c(c(Cl)n1)OCC=C2. The maximum atomic E-state index is 13.4. The van der Waals surface area contributed by atoms with E-state index in [1.165, 1.54) is 60.7 Å². The Labute approximate surface area is 703 Å². The molecule has 8 N–H and O–H groups in total. The normalized spacial score (nSPS) is 12.2. The molecule has 0 amide bonds. The number of pyridine rings is 7. The third-order valence-corrected chi connectivity index (χ3v) is 18.3. The van der Waals surface area contributed by atoms with Gasteiger partial charge in [-0.25, -0.2) is 48.1 Å². The Hall–Kier alpha value is -10.1. The van der Waals surface area contributed by atoms with Crippen molar-refractivity contribution in [3.63, 3.8) is 0 Å². The van der Waals surface area contributed by atoms with Gasteiger partial charge in [0.15, 0.2) is 73.2 Å². The van der Waals surface area contributed by atoms with Gasteiger partial charge >= 0.3 is 0 Å². The monoisotopic (exact) mass is 1820 g/mol. The molecule has 115 heavy (non-hydrogen) atoms. The highest BCUT2D eigenvalue weighted by Crippen LogP contribution is 2.41. The van der Waals surface area contributed by atoms with Crippen LogP contribution in [0, 0.1) is 31.1 Å². The summed E-state index contributed by atoms with van der Waals surface area (Å²) in [5.41, 5.74) is 10.3.